The van der Waals surface area contributed by atoms with Gasteiger partial charge in [0.15, 0.2) is 6.10 Å². The zero-order valence-corrected chi connectivity index (χ0v) is 16.5. The number of aryl methyl sites for hydroxylation is 1. The van der Waals surface area contributed by atoms with E-state index in [9.17, 15) is 9.59 Å². The number of hydrogen-bond donors (Lipinski definition) is 2. The highest BCUT2D eigenvalue weighted by molar-refractivity contribution is 7.21. The predicted molar refractivity (Wildman–Crippen MR) is 108 cm³/mol. The molecule has 0 bridgehead atoms. The normalized spacial score (nSPS) is 11.8. The fourth-order valence-electron chi connectivity index (χ4n) is 2.50. The van der Waals surface area contributed by atoms with Crippen molar-refractivity contribution < 1.29 is 14.3 Å². The number of carbonyl (C=O) groups excluding carboxylic acids is 2. The molecule has 2 N–H and O–H groups in total. The average molecular weight is 403 g/mol. The summed E-state index contributed by atoms with van der Waals surface area (Å²) >= 11 is 7.55. The largest absolute Gasteiger partial charge is 0.481 e. The Bertz CT molecular complexity index is 969. The zero-order chi connectivity index (χ0) is 19.4. The van der Waals surface area contributed by atoms with Gasteiger partial charge < -0.3 is 4.74 Å². The minimum absolute atomic E-state index is 0.349. The number of ether oxygens (including phenoxy) is 1. The Morgan fingerprint density at radius 1 is 1.11 bits per heavy atom. The van der Waals surface area contributed by atoms with E-state index in [1.165, 1.54) is 16.9 Å². The van der Waals surface area contributed by atoms with E-state index in [2.05, 4.69) is 17.8 Å². The molecule has 0 aliphatic rings. The molecule has 0 saturated carbocycles. The number of nitrogens with one attached hydrogen (secondary N) is 2. The summed E-state index contributed by atoms with van der Waals surface area (Å²) in [5, 5.41) is 1.19. The van der Waals surface area contributed by atoms with Crippen LogP contribution in [0.4, 0.5) is 0 Å². The predicted octanol–water partition coefficient (Wildman–Crippen LogP) is 4.35. The van der Waals surface area contributed by atoms with Crippen LogP contribution in [-0.4, -0.2) is 17.9 Å². The molecule has 0 radical (unpaired) electrons. The first-order chi connectivity index (χ1) is 13.0. The number of hydrogen-bond acceptors (Lipinski definition) is 4. The zero-order valence-electron chi connectivity index (χ0n) is 14.9. The summed E-state index contributed by atoms with van der Waals surface area (Å²) in [6.45, 7) is 3.68. The van der Waals surface area contributed by atoms with Gasteiger partial charge >= 0.3 is 0 Å². The van der Waals surface area contributed by atoms with E-state index in [4.69, 9.17) is 16.3 Å². The third-order valence-electron chi connectivity index (χ3n) is 4.05. The quantitative estimate of drug-likeness (QED) is 0.623. The number of thiophene rings is 1. The van der Waals surface area contributed by atoms with Gasteiger partial charge in [-0.25, -0.2) is 0 Å². The Balaban J connectivity index is 1.58. The highest BCUT2D eigenvalue weighted by atomic mass is 35.5. The molecular weight excluding hydrogens is 384 g/mol. The van der Waals surface area contributed by atoms with Crippen molar-refractivity contribution in [1.29, 1.82) is 0 Å². The van der Waals surface area contributed by atoms with Crippen molar-refractivity contribution in [2.45, 2.75) is 26.4 Å². The fourth-order valence-corrected chi connectivity index (χ4v) is 3.91. The van der Waals surface area contributed by atoms with Crippen molar-refractivity contribution in [1.82, 2.24) is 10.9 Å². The van der Waals surface area contributed by atoms with Crippen LogP contribution in [0, 0.1) is 0 Å². The van der Waals surface area contributed by atoms with Gasteiger partial charge in [0.05, 0.1) is 5.02 Å². The third-order valence-corrected chi connectivity index (χ3v) is 5.73. The van der Waals surface area contributed by atoms with Gasteiger partial charge in [-0.2, -0.15) is 0 Å². The van der Waals surface area contributed by atoms with Crippen molar-refractivity contribution in [3.05, 3.63) is 64.0 Å². The number of rotatable bonds is 5. The molecule has 3 aromatic rings. The molecular formula is C20H19ClN2O3S. The van der Waals surface area contributed by atoms with E-state index in [1.807, 2.05) is 48.5 Å². The van der Waals surface area contributed by atoms with E-state index in [1.54, 1.807) is 6.92 Å². The fraction of sp³-hybridized carbons (Fsp3) is 0.200. The molecule has 1 atom stereocenters. The van der Waals surface area contributed by atoms with Gasteiger partial charge in [0.2, 0.25) is 0 Å². The maximum absolute atomic E-state index is 12.4. The number of amides is 2. The second kappa shape index (κ2) is 8.41. The van der Waals surface area contributed by atoms with Crippen LogP contribution in [0.2, 0.25) is 5.02 Å². The summed E-state index contributed by atoms with van der Waals surface area (Å²) in [7, 11) is 0. The van der Waals surface area contributed by atoms with Crippen molar-refractivity contribution in [2.75, 3.05) is 0 Å². The summed E-state index contributed by atoms with van der Waals surface area (Å²) in [6.07, 6.45) is 0.165. The van der Waals surface area contributed by atoms with Crippen molar-refractivity contribution in [2.24, 2.45) is 0 Å². The van der Waals surface area contributed by atoms with Crippen LogP contribution in [0.15, 0.2) is 48.5 Å². The van der Waals surface area contributed by atoms with Gasteiger partial charge in [-0.3, -0.25) is 20.4 Å². The molecule has 2 aromatic carbocycles. The molecule has 0 aliphatic heterocycles. The monoisotopic (exact) mass is 402 g/mol. The molecule has 5 nitrogen and oxygen atoms in total. The minimum Gasteiger partial charge on any atom is -0.481 e. The van der Waals surface area contributed by atoms with E-state index in [-0.39, 0.29) is 0 Å². The minimum atomic E-state index is -0.768. The second-order valence-corrected chi connectivity index (χ2v) is 7.37. The molecule has 0 saturated heterocycles. The van der Waals surface area contributed by atoms with Gasteiger partial charge in [0, 0.05) is 10.1 Å². The summed E-state index contributed by atoms with van der Waals surface area (Å²) in [5.41, 5.74) is 5.96. The lowest BCUT2D eigenvalue weighted by Crippen LogP contribution is -2.47. The Kier molecular flexibility index (Phi) is 5.98. The van der Waals surface area contributed by atoms with Gasteiger partial charge in [0.25, 0.3) is 11.8 Å². The first kappa shape index (κ1) is 19.2. The molecule has 7 heteroatoms. The molecule has 0 fully saturated rings. The number of benzene rings is 2. The lowest BCUT2D eigenvalue weighted by Gasteiger charge is -2.15. The number of fused-ring (bicyclic) bond motifs is 1. The highest BCUT2D eigenvalue weighted by Crippen LogP contribution is 2.34. The van der Waals surface area contributed by atoms with E-state index < -0.39 is 17.9 Å². The number of halogens is 1. The van der Waals surface area contributed by atoms with Gasteiger partial charge in [-0.15, -0.1) is 11.3 Å². The van der Waals surface area contributed by atoms with Crippen molar-refractivity contribution >= 4 is 44.8 Å². The van der Waals surface area contributed by atoms with Crippen LogP contribution in [0.25, 0.3) is 10.1 Å². The summed E-state index contributed by atoms with van der Waals surface area (Å²) in [5.74, 6) is -0.331. The van der Waals surface area contributed by atoms with Gasteiger partial charge in [0.1, 0.15) is 10.6 Å². The Labute approximate surface area is 166 Å². The average Bonchev–Trinajstić information content (AvgIpc) is 3.03. The summed E-state index contributed by atoms with van der Waals surface area (Å²) in [6, 6.07) is 15.0. The molecule has 0 unspecified atom stereocenters. The van der Waals surface area contributed by atoms with E-state index >= 15 is 0 Å². The Hall–Kier alpha value is -2.57. The van der Waals surface area contributed by atoms with E-state index in [0.29, 0.717) is 15.6 Å². The molecule has 1 aromatic heterocycles. The highest BCUT2D eigenvalue weighted by Gasteiger charge is 2.19. The second-order valence-electron chi connectivity index (χ2n) is 5.94. The number of hydrazine groups is 1. The summed E-state index contributed by atoms with van der Waals surface area (Å²) < 4.78 is 6.51. The van der Waals surface area contributed by atoms with Crippen molar-refractivity contribution in [3.63, 3.8) is 0 Å². The molecule has 1 heterocycles. The van der Waals surface area contributed by atoms with Crippen LogP contribution < -0.4 is 15.6 Å². The maximum atomic E-state index is 12.4. The Morgan fingerprint density at radius 3 is 2.48 bits per heavy atom. The molecule has 0 aliphatic carbocycles. The van der Waals surface area contributed by atoms with Crippen LogP contribution >= 0.6 is 22.9 Å². The van der Waals surface area contributed by atoms with Crippen LogP contribution in [0.1, 0.15) is 29.1 Å². The molecule has 0 spiro atoms. The van der Waals surface area contributed by atoms with Crippen LogP contribution in [0.3, 0.4) is 0 Å². The lowest BCUT2D eigenvalue weighted by atomic mass is 10.2. The third kappa shape index (κ3) is 4.40. The summed E-state index contributed by atoms with van der Waals surface area (Å²) in [4.78, 5) is 24.9. The number of carbonyl (C=O) groups is 2. The van der Waals surface area contributed by atoms with Crippen LogP contribution in [0.5, 0.6) is 5.75 Å². The molecule has 27 heavy (non-hydrogen) atoms. The first-order valence-corrected chi connectivity index (χ1v) is 9.72. The molecule has 2 amide bonds. The first-order valence-electron chi connectivity index (χ1n) is 8.52. The molecule has 3 rings (SSSR count). The van der Waals surface area contributed by atoms with Crippen LogP contribution in [-0.2, 0) is 11.2 Å². The van der Waals surface area contributed by atoms with Gasteiger partial charge in [-0.1, -0.05) is 48.9 Å². The maximum Gasteiger partial charge on any atom is 0.281 e. The van der Waals surface area contributed by atoms with E-state index in [0.717, 1.165) is 16.5 Å². The van der Waals surface area contributed by atoms with Crippen molar-refractivity contribution in [3.8, 4) is 5.75 Å². The standard InChI is InChI=1S/C20H19ClN2O3S/c1-3-13-8-10-14(11-9-13)26-12(2)19(24)22-23-20(25)18-17(21)15-6-4-5-7-16(15)27-18/h4-12H,3H2,1-2H3,(H,22,24)(H,23,25)/t12-/m0/s1. The Morgan fingerprint density at radius 2 is 1.81 bits per heavy atom. The lowest BCUT2D eigenvalue weighted by molar-refractivity contribution is -0.128. The SMILES string of the molecule is CCc1ccc(O[C@@H](C)C(=O)NNC(=O)c2sc3ccccc3c2Cl)cc1. The molecule has 140 valence electrons. The smallest absolute Gasteiger partial charge is 0.281 e. The topological polar surface area (TPSA) is 67.4 Å². The van der Waals surface area contributed by atoms with Gasteiger partial charge in [-0.05, 0) is 37.1 Å².